The highest BCUT2D eigenvalue weighted by Crippen LogP contribution is 2.28. The quantitative estimate of drug-likeness (QED) is 0.598. The summed E-state index contributed by atoms with van der Waals surface area (Å²) in [5.41, 5.74) is 7.56. The number of nitrogens with zero attached hydrogens (tertiary/aromatic N) is 3. The van der Waals surface area contributed by atoms with Gasteiger partial charge in [-0.25, -0.2) is 5.01 Å². The van der Waals surface area contributed by atoms with Gasteiger partial charge in [0.1, 0.15) is 12.6 Å². The molecule has 0 aromatic carbocycles. The Hall–Kier alpha value is -1.76. The number of hydrogen-bond donors (Lipinski definition) is 1. The molecule has 0 saturated heterocycles. The zero-order valence-corrected chi connectivity index (χ0v) is 7.14. The van der Waals surface area contributed by atoms with E-state index in [1.54, 1.807) is 5.01 Å². The molecule has 66 valence electrons. The van der Waals surface area contributed by atoms with Crippen LogP contribution in [-0.4, -0.2) is 17.6 Å². The number of nitrogens with two attached hydrogens (primary N) is 1. The van der Waals surface area contributed by atoms with Crippen molar-refractivity contribution in [1.82, 2.24) is 5.01 Å². The maximum absolute atomic E-state index is 5.67. The van der Waals surface area contributed by atoms with Crippen LogP contribution in [0, 0.1) is 12.3 Å². The van der Waals surface area contributed by atoms with Crippen LogP contribution in [0.3, 0.4) is 0 Å². The van der Waals surface area contributed by atoms with Crippen molar-refractivity contribution in [2.24, 2.45) is 16.1 Å². The highest BCUT2D eigenvalue weighted by Gasteiger charge is 2.27. The summed E-state index contributed by atoms with van der Waals surface area (Å²) in [5.74, 6) is 2.53. The Balaban J connectivity index is 2.22. The molecule has 2 aliphatic rings. The molecule has 0 amide bonds. The molecule has 0 bridgehead atoms. The van der Waals surface area contributed by atoms with Gasteiger partial charge in [-0.2, -0.15) is 5.11 Å². The lowest BCUT2D eigenvalue weighted by Crippen LogP contribution is -2.22. The highest BCUT2D eigenvalue weighted by molar-refractivity contribution is 5.28. The summed E-state index contributed by atoms with van der Waals surface area (Å²) in [5, 5.41) is 9.77. The molecular formula is C9H10N4. The van der Waals surface area contributed by atoms with Crippen molar-refractivity contribution in [3.63, 3.8) is 0 Å². The molecule has 0 spiro atoms. The highest BCUT2D eigenvalue weighted by atomic mass is 15.6. The zero-order chi connectivity index (χ0) is 9.26. The predicted octanol–water partition coefficient (Wildman–Crippen LogP) is 0.801. The molecule has 0 radical (unpaired) electrons. The fourth-order valence-corrected chi connectivity index (χ4v) is 1.44. The number of terminal acetylenes is 1. The SMILES string of the molecule is C#CCN1N=NC2CC(N)=CC=C21. The third-order valence-corrected chi connectivity index (χ3v) is 2.08. The Morgan fingerprint density at radius 1 is 1.69 bits per heavy atom. The third kappa shape index (κ3) is 1.29. The lowest BCUT2D eigenvalue weighted by atomic mass is 10.0. The van der Waals surface area contributed by atoms with Gasteiger partial charge in [0, 0.05) is 12.1 Å². The Morgan fingerprint density at radius 3 is 3.31 bits per heavy atom. The van der Waals surface area contributed by atoms with Crippen LogP contribution in [0.15, 0.2) is 33.9 Å². The van der Waals surface area contributed by atoms with E-state index in [2.05, 4.69) is 16.3 Å². The Morgan fingerprint density at radius 2 is 2.54 bits per heavy atom. The molecule has 0 aromatic rings. The molecule has 2 N–H and O–H groups in total. The number of fused-ring (bicyclic) bond motifs is 1. The summed E-state index contributed by atoms with van der Waals surface area (Å²) in [6.45, 7) is 0.472. The van der Waals surface area contributed by atoms with Gasteiger partial charge in [0.25, 0.3) is 0 Å². The van der Waals surface area contributed by atoms with Gasteiger partial charge < -0.3 is 5.73 Å². The minimum Gasteiger partial charge on any atom is -0.402 e. The average molecular weight is 174 g/mol. The standard InChI is InChI=1S/C9H10N4/c1-2-5-13-9-4-3-7(10)6-8(9)11-12-13/h1,3-4,8H,5-6,10H2. The van der Waals surface area contributed by atoms with Crippen molar-refractivity contribution in [2.75, 3.05) is 6.54 Å². The van der Waals surface area contributed by atoms with E-state index in [4.69, 9.17) is 12.2 Å². The Labute approximate surface area is 76.8 Å². The first-order chi connectivity index (χ1) is 6.31. The van der Waals surface area contributed by atoms with E-state index in [0.717, 1.165) is 17.8 Å². The van der Waals surface area contributed by atoms with Crippen molar-refractivity contribution in [3.05, 3.63) is 23.5 Å². The van der Waals surface area contributed by atoms with Crippen molar-refractivity contribution >= 4 is 0 Å². The van der Waals surface area contributed by atoms with Crippen LogP contribution in [0.25, 0.3) is 0 Å². The second-order valence-electron chi connectivity index (χ2n) is 3.02. The Kier molecular flexibility index (Phi) is 1.78. The van der Waals surface area contributed by atoms with Gasteiger partial charge in [0.05, 0.1) is 5.70 Å². The van der Waals surface area contributed by atoms with Gasteiger partial charge in [-0.1, -0.05) is 11.1 Å². The molecule has 4 heteroatoms. The molecule has 13 heavy (non-hydrogen) atoms. The van der Waals surface area contributed by atoms with Gasteiger partial charge in [-0.3, -0.25) is 0 Å². The van der Waals surface area contributed by atoms with E-state index in [9.17, 15) is 0 Å². The van der Waals surface area contributed by atoms with E-state index in [1.807, 2.05) is 12.2 Å². The van der Waals surface area contributed by atoms with Crippen LogP contribution in [0.1, 0.15) is 6.42 Å². The van der Waals surface area contributed by atoms with Gasteiger partial charge >= 0.3 is 0 Å². The largest absolute Gasteiger partial charge is 0.402 e. The monoisotopic (exact) mass is 174 g/mol. The van der Waals surface area contributed by atoms with Gasteiger partial charge in [-0.15, -0.1) is 6.42 Å². The van der Waals surface area contributed by atoms with Crippen LogP contribution >= 0.6 is 0 Å². The molecule has 0 saturated carbocycles. The minimum atomic E-state index is 0.0818. The lowest BCUT2D eigenvalue weighted by molar-refractivity contribution is 0.414. The first-order valence-corrected chi connectivity index (χ1v) is 4.09. The van der Waals surface area contributed by atoms with Crippen LogP contribution in [0.5, 0.6) is 0 Å². The normalized spacial score (nSPS) is 24.8. The van der Waals surface area contributed by atoms with Crippen LogP contribution in [0.2, 0.25) is 0 Å². The van der Waals surface area contributed by atoms with Crippen molar-refractivity contribution in [2.45, 2.75) is 12.5 Å². The summed E-state index contributed by atoms with van der Waals surface area (Å²) in [4.78, 5) is 0. The van der Waals surface area contributed by atoms with E-state index in [0.29, 0.717) is 6.54 Å². The van der Waals surface area contributed by atoms with Crippen LogP contribution in [-0.2, 0) is 0 Å². The number of hydrogen-bond acceptors (Lipinski definition) is 4. The maximum Gasteiger partial charge on any atom is 0.120 e. The molecule has 1 aliphatic carbocycles. The first-order valence-electron chi connectivity index (χ1n) is 4.09. The molecule has 1 unspecified atom stereocenters. The van der Waals surface area contributed by atoms with Crippen molar-refractivity contribution in [1.29, 1.82) is 0 Å². The second kappa shape index (κ2) is 2.94. The summed E-state index contributed by atoms with van der Waals surface area (Å²) in [7, 11) is 0. The molecule has 2 rings (SSSR count). The van der Waals surface area contributed by atoms with E-state index < -0.39 is 0 Å². The number of allylic oxidation sites excluding steroid dienone is 2. The summed E-state index contributed by atoms with van der Waals surface area (Å²) in [6, 6.07) is 0.0818. The predicted molar refractivity (Wildman–Crippen MR) is 49.2 cm³/mol. The molecule has 1 aliphatic heterocycles. The van der Waals surface area contributed by atoms with E-state index in [-0.39, 0.29) is 6.04 Å². The summed E-state index contributed by atoms with van der Waals surface area (Å²) >= 11 is 0. The van der Waals surface area contributed by atoms with Crippen LogP contribution in [0.4, 0.5) is 0 Å². The van der Waals surface area contributed by atoms with Crippen molar-refractivity contribution < 1.29 is 0 Å². The topological polar surface area (TPSA) is 54.0 Å². The summed E-state index contributed by atoms with van der Waals surface area (Å²) < 4.78 is 0. The zero-order valence-electron chi connectivity index (χ0n) is 7.14. The molecule has 0 aromatic heterocycles. The van der Waals surface area contributed by atoms with E-state index in [1.165, 1.54) is 0 Å². The van der Waals surface area contributed by atoms with Crippen LogP contribution < -0.4 is 5.73 Å². The maximum atomic E-state index is 5.67. The molecular weight excluding hydrogens is 164 g/mol. The molecule has 1 heterocycles. The Bertz CT molecular complexity index is 345. The average Bonchev–Trinajstić information content (AvgIpc) is 2.49. The second-order valence-corrected chi connectivity index (χ2v) is 3.02. The summed E-state index contributed by atoms with van der Waals surface area (Å²) in [6.07, 6.45) is 9.76. The van der Waals surface area contributed by atoms with Gasteiger partial charge in [0.15, 0.2) is 0 Å². The number of rotatable bonds is 1. The smallest absolute Gasteiger partial charge is 0.120 e. The molecule has 0 fully saturated rings. The molecule has 4 nitrogen and oxygen atoms in total. The van der Waals surface area contributed by atoms with Crippen molar-refractivity contribution in [3.8, 4) is 12.3 Å². The van der Waals surface area contributed by atoms with Gasteiger partial charge in [0.2, 0.25) is 0 Å². The fraction of sp³-hybridized carbons (Fsp3) is 0.333. The third-order valence-electron chi connectivity index (χ3n) is 2.08. The fourth-order valence-electron chi connectivity index (χ4n) is 1.44. The first kappa shape index (κ1) is 7.87. The van der Waals surface area contributed by atoms with Gasteiger partial charge in [-0.05, 0) is 12.2 Å². The van der Waals surface area contributed by atoms with E-state index >= 15 is 0 Å². The lowest BCUT2D eigenvalue weighted by Gasteiger charge is -2.17. The molecule has 1 atom stereocenters. The minimum absolute atomic E-state index is 0.0818.